The largest absolute Gasteiger partial charge is 0.472 e. The monoisotopic (exact) mass is 659 g/mol. The van der Waals surface area contributed by atoms with E-state index in [1.165, 1.54) is 0 Å². The molecule has 5 aliphatic rings. The van der Waals surface area contributed by atoms with Crippen LogP contribution in [0.2, 0.25) is 0 Å². The molecule has 3 saturated heterocycles. The fourth-order valence-corrected chi connectivity index (χ4v) is 9.29. The van der Waals surface area contributed by atoms with E-state index in [0.29, 0.717) is 25.0 Å². The smallest absolute Gasteiger partial charge is 0.417 e. The van der Waals surface area contributed by atoms with Crippen LogP contribution in [0.5, 0.6) is 11.9 Å². The molecule has 3 aromatic rings. The number of piperazine rings is 1. The summed E-state index contributed by atoms with van der Waals surface area (Å²) in [5, 5.41) is 3.81. The van der Waals surface area contributed by atoms with Crippen LogP contribution in [0.4, 0.5) is 33.5 Å². The Kier molecular flexibility index (Phi) is 7.04. The number of ether oxygens (including phenoxy) is 2. The number of pyridine rings is 1. The van der Waals surface area contributed by atoms with Crippen LogP contribution in [0, 0.1) is 24.0 Å². The molecule has 0 amide bonds. The molecule has 2 aromatic heterocycles. The molecule has 252 valence electrons. The van der Waals surface area contributed by atoms with Crippen LogP contribution in [-0.4, -0.2) is 76.9 Å². The Morgan fingerprint density at radius 1 is 1.11 bits per heavy atom. The number of nitrogen functional groups attached to an aromatic ring is 1. The van der Waals surface area contributed by atoms with E-state index in [1.54, 1.807) is 0 Å². The molecule has 0 unspecified atom stereocenters. The van der Waals surface area contributed by atoms with Gasteiger partial charge in [-0.25, -0.2) is 13.8 Å². The summed E-state index contributed by atoms with van der Waals surface area (Å²) in [6.45, 7) is 4.77. The number of piperidine rings is 1. The summed E-state index contributed by atoms with van der Waals surface area (Å²) in [6.07, 6.45) is 1.53. The van der Waals surface area contributed by atoms with Gasteiger partial charge in [-0.05, 0) is 77.6 Å². The Balaban J connectivity index is 1.32. The summed E-state index contributed by atoms with van der Waals surface area (Å²) in [7, 11) is 2.13. The van der Waals surface area contributed by atoms with Crippen LogP contribution >= 0.6 is 0 Å². The molecule has 2 bridgehead atoms. The maximum absolute atomic E-state index is 16.9. The molecule has 6 heterocycles. The van der Waals surface area contributed by atoms with Gasteiger partial charge in [0.15, 0.2) is 5.82 Å². The van der Waals surface area contributed by atoms with Crippen molar-refractivity contribution in [1.82, 2.24) is 25.2 Å². The lowest BCUT2D eigenvalue weighted by molar-refractivity contribution is -0.137. The van der Waals surface area contributed by atoms with Crippen molar-refractivity contribution in [1.29, 1.82) is 0 Å². The van der Waals surface area contributed by atoms with Gasteiger partial charge in [0.25, 0.3) is 0 Å². The molecule has 4 aliphatic heterocycles. The number of nitrogens with one attached hydrogen (secondary N) is 1. The molecular weight excluding hydrogens is 621 g/mol. The van der Waals surface area contributed by atoms with Crippen molar-refractivity contribution < 1.29 is 31.4 Å². The van der Waals surface area contributed by atoms with Crippen LogP contribution in [-0.2, 0) is 6.18 Å². The number of aromatic nitrogens is 3. The van der Waals surface area contributed by atoms with Crippen molar-refractivity contribution >= 4 is 22.4 Å². The van der Waals surface area contributed by atoms with Gasteiger partial charge in [-0.1, -0.05) is 6.42 Å². The second-order valence-corrected chi connectivity index (χ2v) is 14.1. The van der Waals surface area contributed by atoms with Crippen molar-refractivity contribution in [3.05, 3.63) is 28.8 Å². The van der Waals surface area contributed by atoms with E-state index >= 15 is 4.39 Å². The number of halogens is 5. The summed E-state index contributed by atoms with van der Waals surface area (Å²) in [6, 6.07) is 1.12. The first kappa shape index (κ1) is 30.8. The molecule has 1 aromatic carbocycles. The van der Waals surface area contributed by atoms with Crippen molar-refractivity contribution in [2.24, 2.45) is 5.41 Å². The van der Waals surface area contributed by atoms with Gasteiger partial charge in [0.05, 0.1) is 23.9 Å². The minimum atomic E-state index is -5.03. The molecule has 6 atom stereocenters. The maximum atomic E-state index is 16.9. The van der Waals surface area contributed by atoms with E-state index in [9.17, 15) is 17.6 Å². The van der Waals surface area contributed by atoms with E-state index in [1.807, 2.05) is 6.92 Å². The molecule has 8 rings (SSSR count). The SMILES string of the molecule is Cc1c(F)c(N)cc(-c2nc3c4c(nc(OC[C@]56CCC[C@H]5N(C)CCC6)nc4c2F)N2C[C@H]4CC[C@H](N4)[C@H]2[C@H](C)O3)c1C(F)(F)F. The highest BCUT2D eigenvalue weighted by Gasteiger charge is 2.49. The first-order valence-corrected chi connectivity index (χ1v) is 16.5. The second-order valence-electron chi connectivity index (χ2n) is 14.1. The third kappa shape index (κ3) is 4.72. The molecule has 3 N–H and O–H groups in total. The number of benzene rings is 1. The predicted molar refractivity (Wildman–Crippen MR) is 165 cm³/mol. The topological polar surface area (TPSA) is 102 Å². The van der Waals surface area contributed by atoms with E-state index < -0.39 is 52.0 Å². The second kappa shape index (κ2) is 10.7. The van der Waals surface area contributed by atoms with Crippen LogP contribution in [0.1, 0.15) is 63.0 Å². The molecule has 0 radical (unpaired) electrons. The summed E-state index contributed by atoms with van der Waals surface area (Å²) < 4.78 is 87.7. The summed E-state index contributed by atoms with van der Waals surface area (Å²) in [5.74, 6) is -2.04. The van der Waals surface area contributed by atoms with E-state index in [-0.39, 0.29) is 46.3 Å². The quantitative estimate of drug-likeness (QED) is 0.273. The van der Waals surface area contributed by atoms with Gasteiger partial charge < -0.3 is 30.3 Å². The lowest BCUT2D eigenvalue weighted by atomic mass is 9.76. The van der Waals surface area contributed by atoms with E-state index in [4.69, 9.17) is 20.2 Å². The van der Waals surface area contributed by atoms with Gasteiger partial charge in [0.2, 0.25) is 5.88 Å². The molecule has 0 spiro atoms. The molecule has 1 saturated carbocycles. The fourth-order valence-electron chi connectivity index (χ4n) is 9.29. The van der Waals surface area contributed by atoms with E-state index in [0.717, 1.165) is 64.5 Å². The number of hydrogen-bond acceptors (Lipinski definition) is 9. The third-order valence-electron chi connectivity index (χ3n) is 11.4. The highest BCUT2D eigenvalue weighted by atomic mass is 19.4. The Bertz CT molecular complexity index is 1770. The summed E-state index contributed by atoms with van der Waals surface area (Å²) >= 11 is 0. The normalized spacial score (nSPS) is 30.2. The van der Waals surface area contributed by atoms with Crippen LogP contribution in [0.25, 0.3) is 22.2 Å². The van der Waals surface area contributed by atoms with Gasteiger partial charge in [-0.2, -0.15) is 23.1 Å². The zero-order valence-corrected chi connectivity index (χ0v) is 26.6. The molecule has 47 heavy (non-hydrogen) atoms. The third-order valence-corrected chi connectivity index (χ3v) is 11.4. The van der Waals surface area contributed by atoms with Crippen molar-refractivity contribution in [3.63, 3.8) is 0 Å². The number of alkyl halides is 3. The molecule has 1 aliphatic carbocycles. The molecular formula is C33H38F5N7O2. The van der Waals surface area contributed by atoms with Crippen LogP contribution in [0.3, 0.4) is 0 Å². The van der Waals surface area contributed by atoms with Crippen molar-refractivity contribution in [3.8, 4) is 23.1 Å². The summed E-state index contributed by atoms with van der Waals surface area (Å²) in [5.41, 5.74) is 1.41. The van der Waals surface area contributed by atoms with Crippen LogP contribution < -0.4 is 25.4 Å². The zero-order chi connectivity index (χ0) is 33.0. The number of rotatable bonds is 4. The Labute approximate surface area is 269 Å². The number of likely N-dealkylation sites (tertiary alicyclic amines) is 1. The highest BCUT2D eigenvalue weighted by molar-refractivity contribution is 5.97. The minimum absolute atomic E-state index is 0.0484. The van der Waals surface area contributed by atoms with Crippen molar-refractivity contribution in [2.75, 3.05) is 37.4 Å². The number of fused-ring (bicyclic) bond motifs is 6. The molecule has 4 fully saturated rings. The standard InChI is InChI=1S/C33H38F5N7O2/c1-15-23(33(36,37)38)18(12-19(39)24(15)34)26-25(35)27-22-29(45-13-17-7-8-20(40-17)28(45)16(2)47-30(22)41-26)43-31(42-27)46-14-32-9-4-6-21(32)44(3)11-5-10-32/h12,16-17,20-21,28,40H,4-11,13-14,39H2,1-3H3/t16-,17+,20-,21+,28+,32+/m0/s1. The number of hydrogen-bond donors (Lipinski definition) is 2. The highest BCUT2D eigenvalue weighted by Crippen LogP contribution is 2.49. The van der Waals surface area contributed by atoms with Gasteiger partial charge in [0.1, 0.15) is 34.3 Å². The first-order chi connectivity index (χ1) is 22.4. The minimum Gasteiger partial charge on any atom is -0.472 e. The average molecular weight is 660 g/mol. The number of nitrogens with two attached hydrogens (primary N) is 1. The Hall–Kier alpha value is -3.52. The van der Waals surface area contributed by atoms with Gasteiger partial charge in [-0.15, -0.1) is 0 Å². The van der Waals surface area contributed by atoms with Gasteiger partial charge >= 0.3 is 12.2 Å². The lowest BCUT2D eigenvalue weighted by Crippen LogP contribution is -2.62. The molecule has 14 heteroatoms. The van der Waals surface area contributed by atoms with Crippen molar-refractivity contribution in [2.45, 2.75) is 95.2 Å². The lowest BCUT2D eigenvalue weighted by Gasteiger charge is -2.44. The Morgan fingerprint density at radius 2 is 1.89 bits per heavy atom. The van der Waals surface area contributed by atoms with Gasteiger partial charge in [0, 0.05) is 35.6 Å². The number of nitrogens with zero attached hydrogens (tertiary/aromatic N) is 5. The van der Waals surface area contributed by atoms with E-state index in [2.05, 4.69) is 32.1 Å². The molecule has 9 nitrogen and oxygen atoms in total. The Morgan fingerprint density at radius 3 is 2.68 bits per heavy atom. The average Bonchev–Trinajstić information content (AvgIpc) is 3.60. The first-order valence-electron chi connectivity index (χ1n) is 16.5. The number of anilines is 2. The summed E-state index contributed by atoms with van der Waals surface area (Å²) in [4.78, 5) is 18.2. The zero-order valence-electron chi connectivity index (χ0n) is 26.6. The van der Waals surface area contributed by atoms with Gasteiger partial charge in [-0.3, -0.25) is 0 Å². The predicted octanol–water partition coefficient (Wildman–Crippen LogP) is 5.61. The van der Waals surface area contributed by atoms with Crippen LogP contribution in [0.15, 0.2) is 6.07 Å². The fraction of sp³-hybridized carbons (Fsp3) is 0.606. The maximum Gasteiger partial charge on any atom is 0.417 e.